The van der Waals surface area contributed by atoms with Gasteiger partial charge in [0.2, 0.25) is 5.91 Å². The van der Waals surface area contributed by atoms with Crippen molar-refractivity contribution >= 4 is 17.7 Å². The van der Waals surface area contributed by atoms with Crippen molar-refractivity contribution in [2.24, 2.45) is 11.8 Å². The van der Waals surface area contributed by atoms with Crippen molar-refractivity contribution in [1.82, 2.24) is 10.2 Å². The van der Waals surface area contributed by atoms with E-state index in [-0.39, 0.29) is 17.7 Å². The van der Waals surface area contributed by atoms with Crippen molar-refractivity contribution < 1.29 is 14.4 Å². The van der Waals surface area contributed by atoms with Gasteiger partial charge in [-0.1, -0.05) is 0 Å². The first-order valence-corrected chi connectivity index (χ1v) is 6.84. The predicted molar refractivity (Wildman–Crippen MR) is 70.0 cm³/mol. The van der Waals surface area contributed by atoms with Gasteiger partial charge in [-0.3, -0.25) is 19.3 Å². The second-order valence-corrected chi connectivity index (χ2v) is 5.38. The molecule has 2 aliphatic rings. The van der Waals surface area contributed by atoms with E-state index < -0.39 is 0 Å². The lowest BCUT2D eigenvalue weighted by atomic mass is 9.80. The molecule has 0 aromatic heterocycles. The number of carbonyl (C=O) groups is 3. The Morgan fingerprint density at radius 1 is 1.16 bits per heavy atom. The van der Waals surface area contributed by atoms with E-state index in [2.05, 4.69) is 5.32 Å². The molecule has 1 aliphatic carbocycles. The summed E-state index contributed by atoms with van der Waals surface area (Å²) in [4.78, 5) is 35.6. The molecule has 5 nitrogen and oxygen atoms in total. The molecule has 0 radical (unpaired) electrons. The van der Waals surface area contributed by atoms with E-state index in [0.29, 0.717) is 24.8 Å². The van der Waals surface area contributed by atoms with Crippen LogP contribution in [0.25, 0.3) is 0 Å². The first-order valence-electron chi connectivity index (χ1n) is 6.84. The third-order valence-corrected chi connectivity index (χ3v) is 4.06. The summed E-state index contributed by atoms with van der Waals surface area (Å²) in [6, 6.07) is 0. The number of nitrogens with one attached hydrogen (secondary N) is 1. The Morgan fingerprint density at radius 3 is 2.21 bits per heavy atom. The number of imide groups is 1. The minimum absolute atomic E-state index is 0.0950. The van der Waals surface area contributed by atoms with Crippen LogP contribution in [0.2, 0.25) is 0 Å². The zero-order chi connectivity index (χ0) is 13.8. The van der Waals surface area contributed by atoms with Gasteiger partial charge in [-0.15, -0.1) is 0 Å². The van der Waals surface area contributed by atoms with Crippen molar-refractivity contribution in [3.63, 3.8) is 0 Å². The fourth-order valence-electron chi connectivity index (χ4n) is 2.85. The van der Waals surface area contributed by atoms with Gasteiger partial charge in [0.25, 0.3) is 11.8 Å². The molecule has 1 N–H and O–H groups in total. The van der Waals surface area contributed by atoms with Crippen LogP contribution in [0.3, 0.4) is 0 Å². The molecule has 0 atom stereocenters. The van der Waals surface area contributed by atoms with Gasteiger partial charge in [0, 0.05) is 32.2 Å². The van der Waals surface area contributed by atoms with Crippen LogP contribution in [0.5, 0.6) is 0 Å². The van der Waals surface area contributed by atoms with Crippen LogP contribution in [0.4, 0.5) is 0 Å². The van der Waals surface area contributed by atoms with Crippen molar-refractivity contribution in [2.75, 3.05) is 13.6 Å². The quantitative estimate of drug-likeness (QED) is 0.766. The molecule has 0 bridgehead atoms. The van der Waals surface area contributed by atoms with Gasteiger partial charge in [-0.05, 0) is 37.5 Å². The minimum Gasteiger partial charge on any atom is -0.359 e. The van der Waals surface area contributed by atoms with E-state index in [1.807, 2.05) is 0 Å². The zero-order valence-electron chi connectivity index (χ0n) is 11.2. The second-order valence-electron chi connectivity index (χ2n) is 5.38. The van der Waals surface area contributed by atoms with Gasteiger partial charge in [0.1, 0.15) is 0 Å². The molecule has 0 saturated heterocycles. The van der Waals surface area contributed by atoms with Gasteiger partial charge in [-0.25, -0.2) is 0 Å². The number of rotatable bonds is 4. The summed E-state index contributed by atoms with van der Waals surface area (Å²) in [6.07, 6.45) is 7.23. The van der Waals surface area contributed by atoms with Crippen LogP contribution in [-0.4, -0.2) is 36.2 Å². The Kier molecular flexibility index (Phi) is 4.35. The Labute approximate surface area is 113 Å². The first kappa shape index (κ1) is 13.8. The molecule has 3 amide bonds. The fourth-order valence-corrected chi connectivity index (χ4v) is 2.85. The van der Waals surface area contributed by atoms with E-state index in [4.69, 9.17) is 0 Å². The predicted octanol–water partition coefficient (Wildman–Crippen LogP) is 0.854. The smallest absolute Gasteiger partial charge is 0.253 e. The van der Waals surface area contributed by atoms with Gasteiger partial charge >= 0.3 is 0 Å². The van der Waals surface area contributed by atoms with Crippen LogP contribution < -0.4 is 5.32 Å². The van der Waals surface area contributed by atoms with Crippen LogP contribution >= 0.6 is 0 Å². The highest BCUT2D eigenvalue weighted by molar-refractivity contribution is 6.12. The summed E-state index contributed by atoms with van der Waals surface area (Å²) in [5.74, 6) is 0.528. The number of amides is 3. The van der Waals surface area contributed by atoms with Crippen molar-refractivity contribution in [1.29, 1.82) is 0 Å². The molecule has 2 rings (SSSR count). The van der Waals surface area contributed by atoms with Crippen LogP contribution in [0, 0.1) is 11.8 Å². The van der Waals surface area contributed by atoms with E-state index in [0.717, 1.165) is 25.7 Å². The largest absolute Gasteiger partial charge is 0.359 e. The molecule has 0 unspecified atom stereocenters. The SMILES string of the molecule is CNC(=O)CC1CCC(CN2C(=O)C=CC2=O)CC1. The lowest BCUT2D eigenvalue weighted by Crippen LogP contribution is -2.36. The summed E-state index contributed by atoms with van der Waals surface area (Å²) >= 11 is 0. The second kappa shape index (κ2) is 5.99. The third-order valence-electron chi connectivity index (χ3n) is 4.06. The number of hydrogen-bond donors (Lipinski definition) is 1. The van der Waals surface area contributed by atoms with Gasteiger partial charge < -0.3 is 5.32 Å². The number of nitrogens with zero attached hydrogens (tertiary/aromatic N) is 1. The maximum Gasteiger partial charge on any atom is 0.253 e. The highest BCUT2D eigenvalue weighted by atomic mass is 16.2. The maximum absolute atomic E-state index is 11.5. The number of carbonyl (C=O) groups excluding carboxylic acids is 3. The monoisotopic (exact) mass is 264 g/mol. The summed E-state index contributed by atoms with van der Waals surface area (Å²) in [6.45, 7) is 0.525. The minimum atomic E-state index is -0.197. The molecule has 0 aromatic carbocycles. The summed E-state index contributed by atoms with van der Waals surface area (Å²) in [7, 11) is 1.66. The summed E-state index contributed by atoms with van der Waals surface area (Å²) < 4.78 is 0. The van der Waals surface area contributed by atoms with Crippen molar-refractivity contribution in [2.45, 2.75) is 32.1 Å². The average Bonchev–Trinajstić information content (AvgIpc) is 2.72. The van der Waals surface area contributed by atoms with Crippen molar-refractivity contribution in [3.05, 3.63) is 12.2 Å². The van der Waals surface area contributed by atoms with Crippen LogP contribution in [0.15, 0.2) is 12.2 Å². The van der Waals surface area contributed by atoms with E-state index in [9.17, 15) is 14.4 Å². The van der Waals surface area contributed by atoms with E-state index in [1.165, 1.54) is 17.1 Å². The molecule has 1 fully saturated rings. The Bertz CT molecular complexity index is 391. The third kappa shape index (κ3) is 3.43. The van der Waals surface area contributed by atoms with Gasteiger partial charge in [0.15, 0.2) is 0 Å². The molecule has 1 aliphatic heterocycles. The molecular formula is C14H20N2O3. The standard InChI is InChI=1S/C14H20N2O3/c1-15-12(17)8-10-2-4-11(5-3-10)9-16-13(18)6-7-14(16)19/h6-7,10-11H,2-5,8-9H2,1H3,(H,15,17). The van der Waals surface area contributed by atoms with E-state index >= 15 is 0 Å². The molecule has 104 valence electrons. The molecule has 1 saturated carbocycles. The molecule has 1 heterocycles. The fraction of sp³-hybridized carbons (Fsp3) is 0.643. The summed E-state index contributed by atoms with van der Waals surface area (Å²) in [5, 5.41) is 2.65. The van der Waals surface area contributed by atoms with Gasteiger partial charge in [-0.2, -0.15) is 0 Å². The van der Waals surface area contributed by atoms with Crippen molar-refractivity contribution in [3.8, 4) is 0 Å². The molecule has 19 heavy (non-hydrogen) atoms. The Balaban J connectivity index is 1.76. The average molecular weight is 264 g/mol. The highest BCUT2D eigenvalue weighted by Crippen LogP contribution is 2.31. The Hall–Kier alpha value is -1.65. The van der Waals surface area contributed by atoms with Gasteiger partial charge in [0.05, 0.1) is 0 Å². The van der Waals surface area contributed by atoms with E-state index in [1.54, 1.807) is 7.05 Å². The molecule has 0 spiro atoms. The summed E-state index contributed by atoms with van der Waals surface area (Å²) in [5.41, 5.74) is 0. The lowest BCUT2D eigenvalue weighted by molar-refractivity contribution is -0.137. The molecule has 0 aromatic rings. The molecular weight excluding hydrogens is 244 g/mol. The highest BCUT2D eigenvalue weighted by Gasteiger charge is 2.29. The zero-order valence-corrected chi connectivity index (χ0v) is 11.2. The normalized spacial score (nSPS) is 26.9. The topological polar surface area (TPSA) is 66.5 Å². The molecule has 5 heteroatoms. The Morgan fingerprint density at radius 2 is 1.68 bits per heavy atom. The first-order chi connectivity index (χ1) is 9.10. The number of hydrogen-bond acceptors (Lipinski definition) is 3. The maximum atomic E-state index is 11.5. The van der Waals surface area contributed by atoms with Crippen LogP contribution in [-0.2, 0) is 14.4 Å². The van der Waals surface area contributed by atoms with Crippen LogP contribution in [0.1, 0.15) is 32.1 Å². The lowest BCUT2D eigenvalue weighted by Gasteiger charge is -2.30.